The van der Waals surface area contributed by atoms with Crippen LogP contribution in [-0.2, 0) is 41.3 Å². The fraction of sp³-hybridized carbons (Fsp3) is 0.500. The van der Waals surface area contributed by atoms with Crippen LogP contribution in [-0.4, -0.2) is 60.3 Å². The lowest BCUT2D eigenvalue weighted by atomic mass is 10.2. The number of fused-ring (bicyclic) bond motifs is 2. The van der Waals surface area contributed by atoms with Crippen LogP contribution in [0.15, 0.2) is 30.6 Å². The van der Waals surface area contributed by atoms with E-state index in [1.165, 1.54) is 48.2 Å². The number of nitrogens with zero attached hydrogens (tertiary/aromatic N) is 10. The highest BCUT2D eigenvalue weighted by atomic mass is 16.3. The van der Waals surface area contributed by atoms with Crippen LogP contribution in [0, 0.1) is 0 Å². The minimum atomic E-state index is -1.10. The van der Waals surface area contributed by atoms with Crippen LogP contribution in [0.5, 0.6) is 0 Å². The van der Waals surface area contributed by atoms with E-state index in [0.29, 0.717) is 12.4 Å². The number of aryl methyl sites for hydroxylation is 2. The molecule has 0 fully saturated rings. The van der Waals surface area contributed by atoms with Gasteiger partial charge in [-0.1, -0.05) is 0 Å². The lowest BCUT2D eigenvalue weighted by Gasteiger charge is -2.22. The molecule has 2 unspecified atom stereocenters. The maximum absolute atomic E-state index is 13.2. The Hall–Kier alpha value is -4.27. The van der Waals surface area contributed by atoms with Crippen molar-refractivity contribution in [3.8, 4) is 0 Å². The minimum absolute atomic E-state index is 0.0458. The van der Waals surface area contributed by atoms with Crippen molar-refractivity contribution in [2.45, 2.75) is 45.5 Å². The van der Waals surface area contributed by atoms with Crippen molar-refractivity contribution in [2.24, 2.45) is 33.3 Å². The molecule has 0 spiro atoms. The molecule has 1 aliphatic rings. The van der Waals surface area contributed by atoms with Crippen molar-refractivity contribution in [2.75, 3.05) is 5.01 Å². The first kappa shape index (κ1) is 24.4. The molecule has 0 saturated carbocycles. The molecule has 15 nitrogen and oxygen atoms in total. The third kappa shape index (κ3) is 3.56. The standard InChI is InChI=1S/C22H28N10O5/c1-11-7-12(2)32(25-11)20-24-17-15(19(35)29(6)22(37)27(17)4)31(20)9-13(33)8-30-10-23-16-14(30)18(34)28(5)21(36)26(16)3/h10,12-13,33H,7-9H2,1-6H3. The SMILES string of the molecule is CC1=NN(c2nc3c(c(=O)n(C)c(=O)n3C)n2CC(O)Cn2cnc3c2c(=O)n(C)c(=O)n3C)C(C)C1. The van der Waals surface area contributed by atoms with Gasteiger partial charge in [-0.15, -0.1) is 0 Å². The smallest absolute Gasteiger partial charge is 0.332 e. The second kappa shape index (κ2) is 8.40. The minimum Gasteiger partial charge on any atom is -0.389 e. The Kier molecular flexibility index (Phi) is 5.54. The lowest BCUT2D eigenvalue weighted by molar-refractivity contribution is 0.137. The number of hydrogen-bond acceptors (Lipinski definition) is 9. The average molecular weight is 513 g/mol. The molecule has 5 rings (SSSR count). The number of aromatic nitrogens is 8. The van der Waals surface area contributed by atoms with Gasteiger partial charge in [0.2, 0.25) is 5.95 Å². The molecule has 0 radical (unpaired) electrons. The molecule has 2 atom stereocenters. The summed E-state index contributed by atoms with van der Waals surface area (Å²) in [5.41, 5.74) is -0.507. The third-order valence-corrected chi connectivity index (χ3v) is 6.84. The van der Waals surface area contributed by atoms with Crippen LogP contribution >= 0.6 is 0 Å². The zero-order valence-electron chi connectivity index (χ0n) is 21.4. The van der Waals surface area contributed by atoms with Crippen molar-refractivity contribution in [1.29, 1.82) is 0 Å². The summed E-state index contributed by atoms with van der Waals surface area (Å²) in [5.74, 6) is 0.325. The second-order valence-electron chi connectivity index (χ2n) is 9.56. The summed E-state index contributed by atoms with van der Waals surface area (Å²) in [5, 5.41) is 17.4. The molecule has 1 N–H and O–H groups in total. The quantitative estimate of drug-likeness (QED) is 0.328. The van der Waals surface area contributed by atoms with Crippen LogP contribution < -0.4 is 27.5 Å². The Morgan fingerprint density at radius 3 is 2.11 bits per heavy atom. The van der Waals surface area contributed by atoms with Gasteiger partial charge in [0.25, 0.3) is 11.1 Å². The van der Waals surface area contributed by atoms with E-state index >= 15 is 0 Å². The van der Waals surface area contributed by atoms with Crippen LogP contribution in [0.25, 0.3) is 22.3 Å². The van der Waals surface area contributed by atoms with Gasteiger partial charge in [-0.2, -0.15) is 10.1 Å². The Morgan fingerprint density at radius 2 is 1.51 bits per heavy atom. The number of hydrogen-bond donors (Lipinski definition) is 1. The van der Waals surface area contributed by atoms with Gasteiger partial charge < -0.3 is 14.2 Å². The molecule has 37 heavy (non-hydrogen) atoms. The molecule has 5 heterocycles. The first-order chi connectivity index (χ1) is 17.4. The molecular weight excluding hydrogens is 484 g/mol. The number of anilines is 1. The Bertz CT molecular complexity index is 1850. The Morgan fingerprint density at radius 1 is 0.919 bits per heavy atom. The van der Waals surface area contributed by atoms with Crippen molar-refractivity contribution < 1.29 is 5.11 Å². The Balaban J connectivity index is 1.63. The van der Waals surface area contributed by atoms with Gasteiger partial charge in [-0.3, -0.25) is 27.9 Å². The maximum atomic E-state index is 13.2. The zero-order chi connectivity index (χ0) is 26.9. The summed E-state index contributed by atoms with van der Waals surface area (Å²) in [7, 11) is 5.81. The number of aliphatic hydroxyl groups excluding tert-OH is 1. The first-order valence-corrected chi connectivity index (χ1v) is 11.7. The maximum Gasteiger partial charge on any atom is 0.332 e. The molecule has 15 heteroatoms. The summed E-state index contributed by atoms with van der Waals surface area (Å²) >= 11 is 0. The van der Waals surface area contributed by atoms with Crippen LogP contribution in [0.4, 0.5) is 5.95 Å². The zero-order valence-corrected chi connectivity index (χ0v) is 21.4. The predicted octanol–water partition coefficient (Wildman–Crippen LogP) is -1.78. The molecule has 0 aliphatic carbocycles. The first-order valence-electron chi connectivity index (χ1n) is 11.7. The van der Waals surface area contributed by atoms with Gasteiger partial charge in [-0.05, 0) is 13.8 Å². The van der Waals surface area contributed by atoms with Gasteiger partial charge in [-0.25, -0.2) is 19.6 Å². The van der Waals surface area contributed by atoms with E-state index < -0.39 is 28.6 Å². The number of aliphatic hydroxyl groups is 1. The van der Waals surface area contributed by atoms with E-state index in [-0.39, 0.29) is 41.5 Å². The fourth-order valence-corrected chi connectivity index (χ4v) is 4.89. The van der Waals surface area contributed by atoms with E-state index in [2.05, 4.69) is 15.1 Å². The fourth-order valence-electron chi connectivity index (χ4n) is 4.89. The van der Waals surface area contributed by atoms with Gasteiger partial charge in [0.1, 0.15) is 0 Å². The topological polar surface area (TPSA) is 159 Å². The van der Waals surface area contributed by atoms with Crippen molar-refractivity contribution in [3.63, 3.8) is 0 Å². The molecule has 4 aromatic rings. The average Bonchev–Trinajstić information content (AvgIpc) is 3.53. The largest absolute Gasteiger partial charge is 0.389 e. The summed E-state index contributed by atoms with van der Waals surface area (Å²) in [6.45, 7) is 3.73. The highest BCUT2D eigenvalue weighted by Crippen LogP contribution is 2.27. The van der Waals surface area contributed by atoms with Crippen LogP contribution in [0.2, 0.25) is 0 Å². The van der Waals surface area contributed by atoms with Gasteiger partial charge >= 0.3 is 11.4 Å². The van der Waals surface area contributed by atoms with Crippen molar-refractivity contribution in [3.05, 3.63) is 48.0 Å². The van der Waals surface area contributed by atoms with Crippen molar-refractivity contribution in [1.82, 2.24) is 37.4 Å². The molecule has 4 aromatic heterocycles. The molecule has 196 valence electrons. The van der Waals surface area contributed by atoms with Crippen LogP contribution in [0.3, 0.4) is 0 Å². The van der Waals surface area contributed by atoms with E-state index in [4.69, 9.17) is 0 Å². The van der Waals surface area contributed by atoms with Crippen molar-refractivity contribution >= 4 is 34.0 Å². The predicted molar refractivity (Wildman–Crippen MR) is 136 cm³/mol. The van der Waals surface area contributed by atoms with E-state index in [1.54, 1.807) is 9.58 Å². The summed E-state index contributed by atoms with van der Waals surface area (Å²) in [6, 6.07) is -0.0458. The van der Waals surface area contributed by atoms with E-state index in [0.717, 1.165) is 14.8 Å². The lowest BCUT2D eigenvalue weighted by Crippen LogP contribution is -2.38. The molecular formula is C22H28N10O5. The van der Waals surface area contributed by atoms with Gasteiger partial charge in [0.05, 0.1) is 31.6 Å². The molecule has 0 aromatic carbocycles. The molecule has 0 saturated heterocycles. The summed E-state index contributed by atoms with van der Waals surface area (Å²) < 4.78 is 7.57. The molecule has 1 aliphatic heterocycles. The highest BCUT2D eigenvalue weighted by molar-refractivity contribution is 5.86. The third-order valence-electron chi connectivity index (χ3n) is 6.84. The van der Waals surface area contributed by atoms with E-state index in [1.807, 2.05) is 13.8 Å². The molecule has 0 amide bonds. The Labute approximate surface area is 208 Å². The van der Waals surface area contributed by atoms with Gasteiger partial charge in [0, 0.05) is 40.3 Å². The second-order valence-corrected chi connectivity index (χ2v) is 9.56. The highest BCUT2D eigenvalue weighted by Gasteiger charge is 2.30. The normalized spacial score (nSPS) is 16.8. The van der Waals surface area contributed by atoms with Crippen LogP contribution in [0.1, 0.15) is 20.3 Å². The summed E-state index contributed by atoms with van der Waals surface area (Å²) in [4.78, 5) is 59.6. The monoisotopic (exact) mass is 512 g/mol. The molecule has 0 bridgehead atoms. The van der Waals surface area contributed by atoms with Gasteiger partial charge in [0.15, 0.2) is 22.3 Å². The number of imidazole rings is 2. The van der Waals surface area contributed by atoms with E-state index in [9.17, 15) is 24.3 Å². The number of hydrazone groups is 1. The number of rotatable bonds is 5. The summed E-state index contributed by atoms with van der Waals surface area (Å²) in [6.07, 6.45) is 0.993.